The van der Waals surface area contributed by atoms with Crippen molar-refractivity contribution in [3.05, 3.63) is 65.1 Å². The molecule has 0 bridgehead atoms. The summed E-state index contributed by atoms with van der Waals surface area (Å²) in [4.78, 5) is 11.7. The number of amides is 2. The largest absolute Gasteiger partial charge is 0.399 e. The first-order chi connectivity index (χ1) is 10.0. The van der Waals surface area contributed by atoms with Gasteiger partial charge in [-0.15, -0.1) is 0 Å². The smallest absolute Gasteiger partial charge is 0.323 e. The van der Waals surface area contributed by atoms with Crippen molar-refractivity contribution in [3.63, 3.8) is 0 Å². The number of carbonyl (C=O) groups excluding carboxylic acids is 1. The molecule has 0 heterocycles. The second-order valence-corrected chi connectivity index (χ2v) is 4.63. The van der Waals surface area contributed by atoms with Crippen LogP contribution in [-0.4, -0.2) is 6.03 Å². The van der Waals surface area contributed by atoms with E-state index >= 15 is 0 Å². The number of nitrogen functional groups attached to an aromatic ring is 1. The van der Waals surface area contributed by atoms with E-state index in [1.54, 1.807) is 36.4 Å². The molecule has 0 aromatic heterocycles. The van der Waals surface area contributed by atoms with Crippen LogP contribution in [0, 0.1) is 5.82 Å². The Labute approximate surface area is 126 Å². The Kier molecular flexibility index (Phi) is 4.79. The third-order valence-electron chi connectivity index (χ3n) is 2.60. The molecule has 21 heavy (non-hydrogen) atoms. The van der Waals surface area contributed by atoms with E-state index < -0.39 is 6.03 Å². The van der Waals surface area contributed by atoms with Crippen molar-refractivity contribution in [3.8, 4) is 0 Å². The van der Waals surface area contributed by atoms with Gasteiger partial charge in [0.15, 0.2) is 0 Å². The molecule has 108 valence electrons. The van der Waals surface area contributed by atoms with Crippen LogP contribution in [0.1, 0.15) is 5.56 Å². The van der Waals surface area contributed by atoms with E-state index in [1.807, 2.05) is 0 Å². The Morgan fingerprint density at radius 1 is 1.19 bits per heavy atom. The molecule has 0 saturated carbocycles. The Hall–Kier alpha value is -2.53. The first-order valence-electron chi connectivity index (χ1n) is 6.09. The average Bonchev–Trinajstić information content (AvgIpc) is 2.44. The van der Waals surface area contributed by atoms with Crippen molar-refractivity contribution in [2.45, 2.75) is 0 Å². The Morgan fingerprint density at radius 3 is 2.57 bits per heavy atom. The third kappa shape index (κ3) is 4.50. The number of urea groups is 1. The Balaban J connectivity index is 1.91. The normalized spacial score (nSPS) is 10.6. The number of nitrogens with one attached hydrogen (secondary N) is 2. The molecule has 0 unspecified atom stereocenters. The third-order valence-corrected chi connectivity index (χ3v) is 2.91. The highest BCUT2D eigenvalue weighted by molar-refractivity contribution is 6.34. The summed E-state index contributed by atoms with van der Waals surface area (Å²) in [6.45, 7) is 0. The Bertz CT molecular complexity index is 671. The van der Waals surface area contributed by atoms with Crippen LogP contribution in [0.2, 0.25) is 5.02 Å². The first-order valence-corrected chi connectivity index (χ1v) is 6.47. The second-order valence-electron chi connectivity index (χ2n) is 4.22. The standard InChI is InChI=1S/C15H13ClFN3O/c16-13-9-12(18)5-6-14(13)20-15(21)19-8-7-10-1-3-11(17)4-2-10/h1-9H,18H2,(H2,19,20,21)/b8-7+. The fourth-order valence-electron chi connectivity index (χ4n) is 1.58. The summed E-state index contributed by atoms with van der Waals surface area (Å²) < 4.78 is 12.7. The lowest BCUT2D eigenvalue weighted by molar-refractivity contribution is 0.255. The molecule has 2 aromatic rings. The van der Waals surface area contributed by atoms with E-state index in [1.165, 1.54) is 18.3 Å². The van der Waals surface area contributed by atoms with Crippen LogP contribution < -0.4 is 16.4 Å². The average molecular weight is 306 g/mol. The molecule has 2 amide bonds. The van der Waals surface area contributed by atoms with Gasteiger partial charge in [0.05, 0.1) is 10.7 Å². The van der Waals surface area contributed by atoms with Crippen molar-refractivity contribution >= 4 is 35.1 Å². The molecule has 2 aromatic carbocycles. The van der Waals surface area contributed by atoms with Crippen LogP contribution in [0.5, 0.6) is 0 Å². The molecule has 0 radical (unpaired) electrons. The maximum absolute atomic E-state index is 12.7. The van der Waals surface area contributed by atoms with E-state index in [0.717, 1.165) is 5.56 Å². The summed E-state index contributed by atoms with van der Waals surface area (Å²) in [6, 6.07) is 10.2. The molecule has 0 aliphatic heterocycles. The lowest BCUT2D eigenvalue weighted by Crippen LogP contribution is -2.23. The van der Waals surface area contributed by atoms with Crippen molar-refractivity contribution in [2.75, 3.05) is 11.1 Å². The zero-order valence-electron chi connectivity index (χ0n) is 10.9. The first kappa shape index (κ1) is 14.9. The molecule has 0 aliphatic carbocycles. The highest BCUT2D eigenvalue weighted by Crippen LogP contribution is 2.23. The quantitative estimate of drug-likeness (QED) is 0.754. The van der Waals surface area contributed by atoms with Crippen LogP contribution in [0.4, 0.5) is 20.6 Å². The fourth-order valence-corrected chi connectivity index (χ4v) is 1.81. The van der Waals surface area contributed by atoms with Gasteiger partial charge in [-0.05, 0) is 42.0 Å². The monoisotopic (exact) mass is 305 g/mol. The van der Waals surface area contributed by atoms with Crippen LogP contribution in [-0.2, 0) is 0 Å². The molecule has 0 fully saturated rings. The number of rotatable bonds is 3. The predicted molar refractivity (Wildman–Crippen MR) is 83.5 cm³/mol. The van der Waals surface area contributed by atoms with Gasteiger partial charge in [-0.1, -0.05) is 23.7 Å². The maximum atomic E-state index is 12.7. The number of anilines is 2. The van der Waals surface area contributed by atoms with Crippen molar-refractivity contribution < 1.29 is 9.18 Å². The van der Waals surface area contributed by atoms with E-state index in [0.29, 0.717) is 16.4 Å². The minimum absolute atomic E-state index is 0.309. The molecule has 6 heteroatoms. The molecular formula is C15H13ClFN3O. The van der Waals surface area contributed by atoms with Crippen LogP contribution in [0.15, 0.2) is 48.7 Å². The van der Waals surface area contributed by atoms with Crippen LogP contribution >= 0.6 is 11.6 Å². The summed E-state index contributed by atoms with van der Waals surface area (Å²) in [5.41, 5.74) is 7.30. The van der Waals surface area contributed by atoms with E-state index in [4.69, 9.17) is 17.3 Å². The molecule has 0 aliphatic rings. The van der Waals surface area contributed by atoms with E-state index in [9.17, 15) is 9.18 Å². The molecule has 0 atom stereocenters. The minimum atomic E-state index is -0.444. The van der Waals surface area contributed by atoms with Gasteiger partial charge in [0.2, 0.25) is 0 Å². The predicted octanol–water partition coefficient (Wildman–Crippen LogP) is 3.85. The number of carbonyl (C=O) groups is 1. The van der Waals surface area contributed by atoms with E-state index in [-0.39, 0.29) is 5.82 Å². The highest BCUT2D eigenvalue weighted by atomic mass is 35.5. The van der Waals surface area contributed by atoms with Gasteiger partial charge in [0.25, 0.3) is 0 Å². The molecular weight excluding hydrogens is 293 g/mol. The molecule has 2 rings (SSSR count). The number of nitrogens with two attached hydrogens (primary N) is 1. The van der Waals surface area contributed by atoms with Crippen LogP contribution in [0.3, 0.4) is 0 Å². The van der Waals surface area contributed by atoms with Crippen LogP contribution in [0.25, 0.3) is 6.08 Å². The summed E-state index contributed by atoms with van der Waals surface area (Å²) in [6.07, 6.45) is 3.09. The fraction of sp³-hybridized carbons (Fsp3) is 0. The lowest BCUT2D eigenvalue weighted by atomic mass is 10.2. The van der Waals surface area contributed by atoms with Gasteiger partial charge in [-0.2, -0.15) is 0 Å². The SMILES string of the molecule is Nc1ccc(NC(=O)N/C=C/c2ccc(F)cc2)c(Cl)c1. The lowest BCUT2D eigenvalue weighted by Gasteiger charge is -2.07. The van der Waals surface area contributed by atoms with Gasteiger partial charge >= 0.3 is 6.03 Å². The van der Waals surface area contributed by atoms with Gasteiger partial charge < -0.3 is 16.4 Å². The zero-order valence-corrected chi connectivity index (χ0v) is 11.7. The zero-order chi connectivity index (χ0) is 15.2. The molecule has 0 spiro atoms. The van der Waals surface area contributed by atoms with Gasteiger partial charge in [0, 0.05) is 11.9 Å². The minimum Gasteiger partial charge on any atom is -0.399 e. The number of benzene rings is 2. The van der Waals surface area contributed by atoms with Crippen molar-refractivity contribution in [1.82, 2.24) is 5.32 Å². The Morgan fingerprint density at radius 2 is 1.90 bits per heavy atom. The van der Waals surface area contributed by atoms with Crippen molar-refractivity contribution in [2.24, 2.45) is 0 Å². The summed E-state index contributed by atoms with van der Waals surface area (Å²) >= 11 is 5.94. The summed E-state index contributed by atoms with van der Waals surface area (Å²) in [5.74, 6) is -0.309. The topological polar surface area (TPSA) is 67.1 Å². The van der Waals surface area contributed by atoms with Gasteiger partial charge in [-0.3, -0.25) is 0 Å². The second kappa shape index (κ2) is 6.76. The maximum Gasteiger partial charge on any atom is 0.323 e. The molecule has 4 nitrogen and oxygen atoms in total. The molecule has 0 saturated heterocycles. The molecule has 4 N–H and O–H groups in total. The number of hydrogen-bond acceptors (Lipinski definition) is 2. The van der Waals surface area contributed by atoms with E-state index in [2.05, 4.69) is 10.6 Å². The summed E-state index contributed by atoms with van der Waals surface area (Å²) in [7, 11) is 0. The van der Waals surface area contributed by atoms with Gasteiger partial charge in [0.1, 0.15) is 5.82 Å². The number of halogens is 2. The van der Waals surface area contributed by atoms with Crippen molar-refractivity contribution in [1.29, 1.82) is 0 Å². The number of hydrogen-bond donors (Lipinski definition) is 3. The van der Waals surface area contributed by atoms with Gasteiger partial charge in [-0.25, -0.2) is 9.18 Å². The summed E-state index contributed by atoms with van der Waals surface area (Å²) in [5, 5.41) is 5.46. The highest BCUT2D eigenvalue weighted by Gasteiger charge is 2.04.